The molecule has 0 amide bonds. The molecule has 0 aliphatic heterocycles. The van der Waals surface area contributed by atoms with Crippen LogP contribution in [0.5, 0.6) is 0 Å². The van der Waals surface area contributed by atoms with Crippen LogP contribution < -0.4 is 11.5 Å². The van der Waals surface area contributed by atoms with Crippen LogP contribution in [-0.2, 0) is 6.54 Å². The van der Waals surface area contributed by atoms with Gasteiger partial charge in [-0.1, -0.05) is 0 Å². The molecular formula is C7H8F2IN3. The van der Waals surface area contributed by atoms with Crippen molar-refractivity contribution < 1.29 is 8.78 Å². The molecule has 13 heavy (non-hydrogen) atoms. The number of nitrogens with two attached hydrogens (primary N) is 2. The Hall–Kier alpha value is -0.500. The summed E-state index contributed by atoms with van der Waals surface area (Å²) in [6, 6.07) is 0. The van der Waals surface area contributed by atoms with Crippen molar-refractivity contribution >= 4 is 28.3 Å². The van der Waals surface area contributed by atoms with Gasteiger partial charge in [-0.25, -0.2) is 8.78 Å². The molecule has 0 aliphatic carbocycles. The van der Waals surface area contributed by atoms with Crippen LogP contribution in [0.1, 0.15) is 17.7 Å². The highest BCUT2D eigenvalue weighted by atomic mass is 127. The molecule has 0 atom stereocenters. The van der Waals surface area contributed by atoms with Crippen molar-refractivity contribution in [2.24, 2.45) is 5.73 Å². The molecule has 0 aliphatic rings. The molecule has 0 fully saturated rings. The second-order valence-corrected chi connectivity index (χ2v) is 3.47. The minimum Gasteiger partial charge on any atom is -0.397 e. The SMILES string of the molecule is NCc1ncc(C(F)F)c(N)c1I. The van der Waals surface area contributed by atoms with Gasteiger partial charge < -0.3 is 11.5 Å². The summed E-state index contributed by atoms with van der Waals surface area (Å²) >= 11 is 1.86. The van der Waals surface area contributed by atoms with Gasteiger partial charge in [0.1, 0.15) is 0 Å². The lowest BCUT2D eigenvalue weighted by molar-refractivity contribution is 0.151. The predicted molar refractivity (Wildman–Crippen MR) is 54.2 cm³/mol. The smallest absolute Gasteiger partial charge is 0.267 e. The Morgan fingerprint density at radius 3 is 2.62 bits per heavy atom. The highest BCUT2D eigenvalue weighted by Crippen LogP contribution is 2.29. The van der Waals surface area contributed by atoms with Crippen LogP contribution >= 0.6 is 22.6 Å². The number of hydrogen-bond acceptors (Lipinski definition) is 3. The van der Waals surface area contributed by atoms with Crippen LogP contribution in [0.4, 0.5) is 14.5 Å². The number of rotatable bonds is 2. The quantitative estimate of drug-likeness (QED) is 0.816. The van der Waals surface area contributed by atoms with Gasteiger partial charge in [0.05, 0.1) is 20.5 Å². The first-order valence-corrected chi connectivity index (χ1v) is 4.56. The van der Waals surface area contributed by atoms with Crippen molar-refractivity contribution in [1.29, 1.82) is 0 Å². The lowest BCUT2D eigenvalue weighted by Crippen LogP contribution is -2.07. The van der Waals surface area contributed by atoms with Gasteiger partial charge in [-0.3, -0.25) is 4.98 Å². The van der Waals surface area contributed by atoms with Gasteiger partial charge in [0, 0.05) is 12.7 Å². The van der Waals surface area contributed by atoms with E-state index in [1.54, 1.807) is 0 Å². The average molecular weight is 299 g/mol. The molecule has 0 aromatic carbocycles. The fraction of sp³-hybridized carbons (Fsp3) is 0.286. The monoisotopic (exact) mass is 299 g/mol. The number of aromatic nitrogens is 1. The Morgan fingerprint density at radius 2 is 2.15 bits per heavy atom. The van der Waals surface area contributed by atoms with Crippen molar-refractivity contribution in [3.63, 3.8) is 0 Å². The Labute approximate surface area is 87.7 Å². The van der Waals surface area contributed by atoms with Crippen molar-refractivity contribution in [3.8, 4) is 0 Å². The maximum absolute atomic E-state index is 12.3. The third-order valence-electron chi connectivity index (χ3n) is 1.59. The molecular weight excluding hydrogens is 291 g/mol. The lowest BCUT2D eigenvalue weighted by atomic mass is 10.2. The molecule has 1 aromatic heterocycles. The zero-order chi connectivity index (χ0) is 10.0. The fourth-order valence-corrected chi connectivity index (χ4v) is 1.54. The summed E-state index contributed by atoms with van der Waals surface area (Å²) in [6.07, 6.45) is -1.52. The fourth-order valence-electron chi connectivity index (χ4n) is 0.872. The number of nitrogens with zero attached hydrogens (tertiary/aromatic N) is 1. The zero-order valence-electron chi connectivity index (χ0n) is 6.60. The van der Waals surface area contributed by atoms with Gasteiger partial charge in [0.25, 0.3) is 6.43 Å². The first kappa shape index (κ1) is 10.6. The van der Waals surface area contributed by atoms with Crippen molar-refractivity contribution in [1.82, 2.24) is 4.98 Å². The van der Waals surface area contributed by atoms with E-state index < -0.39 is 6.43 Å². The van der Waals surface area contributed by atoms with E-state index in [1.165, 1.54) is 0 Å². The Bertz CT molecular complexity index is 317. The second kappa shape index (κ2) is 4.14. The third-order valence-corrected chi connectivity index (χ3v) is 2.79. The van der Waals surface area contributed by atoms with E-state index in [4.69, 9.17) is 11.5 Å². The van der Waals surface area contributed by atoms with Gasteiger partial charge in [-0.15, -0.1) is 0 Å². The van der Waals surface area contributed by atoms with E-state index in [2.05, 4.69) is 4.98 Å². The molecule has 3 nitrogen and oxygen atoms in total. The van der Waals surface area contributed by atoms with E-state index in [1.807, 2.05) is 22.6 Å². The topological polar surface area (TPSA) is 64.9 Å². The number of alkyl halides is 2. The van der Waals surface area contributed by atoms with Gasteiger partial charge in [-0.05, 0) is 22.6 Å². The molecule has 0 saturated carbocycles. The molecule has 0 spiro atoms. The Balaban J connectivity index is 3.23. The van der Waals surface area contributed by atoms with Crippen molar-refractivity contribution in [2.45, 2.75) is 13.0 Å². The zero-order valence-corrected chi connectivity index (χ0v) is 8.76. The average Bonchev–Trinajstić information content (AvgIpc) is 2.09. The van der Waals surface area contributed by atoms with Crippen LogP contribution in [0, 0.1) is 3.57 Å². The molecule has 0 radical (unpaired) electrons. The maximum Gasteiger partial charge on any atom is 0.267 e. The molecule has 1 rings (SSSR count). The molecule has 0 bridgehead atoms. The molecule has 0 saturated heterocycles. The molecule has 1 heterocycles. The summed E-state index contributed by atoms with van der Waals surface area (Å²) in [7, 11) is 0. The summed E-state index contributed by atoms with van der Waals surface area (Å²) in [5.74, 6) is 0. The Morgan fingerprint density at radius 1 is 1.54 bits per heavy atom. The number of pyridine rings is 1. The van der Waals surface area contributed by atoms with Gasteiger partial charge in [0.15, 0.2) is 0 Å². The minimum absolute atomic E-state index is 0.0750. The van der Waals surface area contributed by atoms with E-state index in [0.717, 1.165) is 6.20 Å². The summed E-state index contributed by atoms with van der Waals surface area (Å²) in [5, 5.41) is 0. The number of nitrogen functional groups attached to an aromatic ring is 1. The number of hydrogen-bond donors (Lipinski definition) is 2. The van der Waals surface area contributed by atoms with E-state index in [9.17, 15) is 8.78 Å². The first-order chi connectivity index (χ1) is 6.07. The van der Waals surface area contributed by atoms with E-state index in [-0.39, 0.29) is 17.8 Å². The molecule has 4 N–H and O–H groups in total. The van der Waals surface area contributed by atoms with Crippen LogP contribution in [0.2, 0.25) is 0 Å². The number of anilines is 1. The maximum atomic E-state index is 12.3. The van der Waals surface area contributed by atoms with E-state index >= 15 is 0 Å². The third kappa shape index (κ3) is 2.05. The summed E-state index contributed by atoms with van der Waals surface area (Å²) in [4.78, 5) is 3.79. The largest absolute Gasteiger partial charge is 0.397 e. The second-order valence-electron chi connectivity index (χ2n) is 2.39. The Kier molecular flexibility index (Phi) is 3.37. The summed E-state index contributed by atoms with van der Waals surface area (Å²) in [5.41, 5.74) is 11.2. The minimum atomic E-state index is -2.59. The van der Waals surface area contributed by atoms with Gasteiger partial charge in [0.2, 0.25) is 0 Å². The molecule has 0 unspecified atom stereocenters. The first-order valence-electron chi connectivity index (χ1n) is 3.49. The molecule has 72 valence electrons. The molecule has 1 aromatic rings. The lowest BCUT2D eigenvalue weighted by Gasteiger charge is -2.08. The number of halogens is 3. The highest BCUT2D eigenvalue weighted by molar-refractivity contribution is 14.1. The van der Waals surface area contributed by atoms with Gasteiger partial charge >= 0.3 is 0 Å². The van der Waals surface area contributed by atoms with Crippen LogP contribution in [0.25, 0.3) is 0 Å². The van der Waals surface area contributed by atoms with Gasteiger partial charge in [-0.2, -0.15) is 0 Å². The molecule has 6 heteroatoms. The normalized spacial score (nSPS) is 10.8. The summed E-state index contributed by atoms with van der Waals surface area (Å²) in [6.45, 7) is 0.200. The van der Waals surface area contributed by atoms with Crippen molar-refractivity contribution in [2.75, 3.05) is 5.73 Å². The van der Waals surface area contributed by atoms with Crippen LogP contribution in [0.15, 0.2) is 6.20 Å². The predicted octanol–water partition coefficient (Wildman–Crippen LogP) is 1.66. The van der Waals surface area contributed by atoms with E-state index in [0.29, 0.717) is 9.26 Å². The van der Waals surface area contributed by atoms with Crippen molar-refractivity contribution in [3.05, 3.63) is 21.0 Å². The summed E-state index contributed by atoms with van der Waals surface area (Å²) < 4.78 is 25.1. The van der Waals surface area contributed by atoms with Crippen LogP contribution in [-0.4, -0.2) is 4.98 Å². The van der Waals surface area contributed by atoms with Crippen LogP contribution in [0.3, 0.4) is 0 Å². The highest BCUT2D eigenvalue weighted by Gasteiger charge is 2.15. The standard InChI is InChI=1S/C7H8F2IN3/c8-7(9)3-2-13-4(1-11)5(10)6(3)12/h2,7H,1,11H2,(H2,12,13).